The first-order valence-electron chi connectivity index (χ1n) is 8.38. The van der Waals surface area contributed by atoms with E-state index in [2.05, 4.69) is 20.9 Å². The van der Waals surface area contributed by atoms with Gasteiger partial charge in [-0.15, -0.1) is 0 Å². The number of carbonyl (C=O) groups is 2. The minimum atomic E-state index is -0.496. The molecule has 0 spiro atoms. The van der Waals surface area contributed by atoms with Gasteiger partial charge in [-0.2, -0.15) is 0 Å². The summed E-state index contributed by atoms with van der Waals surface area (Å²) < 4.78 is 0. The van der Waals surface area contributed by atoms with E-state index in [-0.39, 0.29) is 33.3 Å². The topological polar surface area (TPSA) is 82.6 Å². The van der Waals surface area contributed by atoms with Gasteiger partial charge in [-0.3, -0.25) is 14.6 Å². The van der Waals surface area contributed by atoms with Crippen molar-refractivity contribution in [1.29, 1.82) is 0 Å². The molecule has 1 aliphatic rings. The van der Waals surface area contributed by atoms with Gasteiger partial charge in [0, 0.05) is 13.1 Å². The monoisotopic (exact) mass is 396 g/mol. The van der Waals surface area contributed by atoms with Crippen LogP contribution in [-0.4, -0.2) is 43.7 Å². The highest BCUT2D eigenvalue weighted by Gasteiger charge is 2.23. The van der Waals surface area contributed by atoms with Crippen molar-refractivity contribution in [1.82, 2.24) is 16.0 Å². The summed E-state index contributed by atoms with van der Waals surface area (Å²) in [4.78, 5) is 29.2. The zero-order valence-corrected chi connectivity index (χ0v) is 16.2. The minimum Gasteiger partial charge on any atom is -0.348 e. The maximum Gasteiger partial charge on any atom is 0.271 e. The Morgan fingerprint density at radius 1 is 1.23 bits per heavy atom. The average molecular weight is 397 g/mol. The fourth-order valence-electron chi connectivity index (χ4n) is 2.73. The molecular formula is C18H22Cl2N4O2. The van der Waals surface area contributed by atoms with E-state index in [0.29, 0.717) is 5.70 Å². The Balaban J connectivity index is 2.12. The zero-order valence-electron chi connectivity index (χ0n) is 14.7. The second-order valence-corrected chi connectivity index (χ2v) is 6.64. The molecule has 2 amide bonds. The van der Waals surface area contributed by atoms with E-state index < -0.39 is 5.91 Å². The Morgan fingerprint density at radius 2 is 1.85 bits per heavy atom. The Bertz CT molecular complexity index is 720. The lowest BCUT2D eigenvalue weighted by Crippen LogP contribution is -2.46. The van der Waals surface area contributed by atoms with Crippen LogP contribution < -0.4 is 16.0 Å². The number of allylic oxidation sites excluding steroid dienone is 1. The van der Waals surface area contributed by atoms with Crippen LogP contribution in [0, 0.1) is 0 Å². The molecule has 0 radical (unpaired) electrons. The van der Waals surface area contributed by atoms with Gasteiger partial charge in [0.15, 0.2) is 0 Å². The van der Waals surface area contributed by atoms with E-state index >= 15 is 0 Å². The molecular weight excluding hydrogens is 375 g/mol. The number of halogens is 2. The van der Waals surface area contributed by atoms with Gasteiger partial charge in [-0.25, -0.2) is 0 Å². The molecule has 2 rings (SSSR count). The molecule has 0 unspecified atom stereocenters. The van der Waals surface area contributed by atoms with Gasteiger partial charge in [0.05, 0.1) is 21.3 Å². The maximum atomic E-state index is 12.6. The van der Waals surface area contributed by atoms with Crippen molar-refractivity contribution in [2.24, 2.45) is 4.99 Å². The highest BCUT2D eigenvalue weighted by atomic mass is 35.5. The SMILES string of the molecule is C/C=C(/NC(=O)c1c(Cl)cccc1Cl)C(=NC)C(=O)NC1CCNCC1. The first-order chi connectivity index (χ1) is 12.5. The van der Waals surface area contributed by atoms with Crippen LogP contribution in [0.3, 0.4) is 0 Å². The van der Waals surface area contributed by atoms with E-state index in [9.17, 15) is 9.59 Å². The van der Waals surface area contributed by atoms with Gasteiger partial charge < -0.3 is 16.0 Å². The molecule has 8 heteroatoms. The summed E-state index contributed by atoms with van der Waals surface area (Å²) >= 11 is 12.2. The molecule has 140 valence electrons. The fraction of sp³-hybridized carbons (Fsp3) is 0.389. The quantitative estimate of drug-likeness (QED) is 0.668. The third kappa shape index (κ3) is 5.06. The number of hydrogen-bond donors (Lipinski definition) is 3. The molecule has 1 aliphatic heterocycles. The van der Waals surface area contributed by atoms with E-state index in [1.54, 1.807) is 31.2 Å². The molecule has 3 N–H and O–H groups in total. The van der Waals surface area contributed by atoms with Crippen LogP contribution >= 0.6 is 23.2 Å². The van der Waals surface area contributed by atoms with Crippen molar-refractivity contribution in [3.63, 3.8) is 0 Å². The molecule has 26 heavy (non-hydrogen) atoms. The minimum absolute atomic E-state index is 0.0901. The van der Waals surface area contributed by atoms with Crippen LogP contribution in [0.2, 0.25) is 10.0 Å². The number of benzene rings is 1. The van der Waals surface area contributed by atoms with E-state index in [1.165, 1.54) is 7.05 Å². The van der Waals surface area contributed by atoms with Crippen molar-refractivity contribution >= 4 is 40.7 Å². The third-order valence-corrected chi connectivity index (χ3v) is 4.72. The molecule has 0 atom stereocenters. The standard InChI is InChI=1S/C18H22Cl2N4O2/c1-3-14(24-17(25)15-12(19)5-4-6-13(15)20)16(21-2)18(26)23-11-7-9-22-10-8-11/h3-6,11,22H,7-10H2,1-2H3,(H,23,26)(H,24,25)/b14-3+,21-16?. The summed E-state index contributed by atoms with van der Waals surface area (Å²) in [6.07, 6.45) is 3.33. The van der Waals surface area contributed by atoms with Gasteiger partial charge in [-0.1, -0.05) is 35.3 Å². The number of amides is 2. The Labute approximate surface area is 163 Å². The predicted molar refractivity (Wildman–Crippen MR) is 105 cm³/mol. The van der Waals surface area contributed by atoms with Crippen molar-refractivity contribution in [2.75, 3.05) is 20.1 Å². The summed E-state index contributed by atoms with van der Waals surface area (Å²) in [5.41, 5.74) is 0.617. The Kier molecular flexibility index (Phi) is 7.63. The Hall–Kier alpha value is -1.89. The highest BCUT2D eigenvalue weighted by molar-refractivity contribution is 6.46. The van der Waals surface area contributed by atoms with E-state index in [4.69, 9.17) is 23.2 Å². The molecule has 1 saturated heterocycles. The number of aliphatic imine (C=N–C) groups is 1. The molecule has 1 aromatic carbocycles. The van der Waals surface area contributed by atoms with Crippen LogP contribution in [0.1, 0.15) is 30.1 Å². The lowest BCUT2D eigenvalue weighted by molar-refractivity contribution is -0.115. The summed E-state index contributed by atoms with van der Waals surface area (Å²) in [6.45, 7) is 3.44. The van der Waals surface area contributed by atoms with Gasteiger partial charge >= 0.3 is 0 Å². The second kappa shape index (κ2) is 9.71. The number of hydrogen-bond acceptors (Lipinski definition) is 4. The molecule has 0 aliphatic carbocycles. The fourth-order valence-corrected chi connectivity index (χ4v) is 3.30. The summed E-state index contributed by atoms with van der Waals surface area (Å²) in [5.74, 6) is -0.817. The number of carbonyl (C=O) groups excluding carboxylic acids is 2. The van der Waals surface area contributed by atoms with E-state index in [1.807, 2.05) is 0 Å². The van der Waals surface area contributed by atoms with E-state index in [0.717, 1.165) is 25.9 Å². The molecule has 0 bridgehead atoms. The smallest absolute Gasteiger partial charge is 0.271 e. The van der Waals surface area contributed by atoms with Crippen LogP contribution in [0.4, 0.5) is 0 Å². The van der Waals surface area contributed by atoms with Gasteiger partial charge in [0.25, 0.3) is 11.8 Å². The lowest BCUT2D eigenvalue weighted by atomic mass is 10.1. The van der Waals surface area contributed by atoms with Crippen molar-refractivity contribution < 1.29 is 9.59 Å². The number of nitrogens with one attached hydrogen (secondary N) is 3. The predicted octanol–water partition coefficient (Wildman–Crippen LogP) is 2.57. The maximum absolute atomic E-state index is 12.6. The van der Waals surface area contributed by atoms with Gasteiger partial charge in [0.1, 0.15) is 5.71 Å². The van der Waals surface area contributed by atoms with Gasteiger partial charge in [0.2, 0.25) is 0 Å². The molecule has 6 nitrogen and oxygen atoms in total. The molecule has 1 fully saturated rings. The normalized spacial score (nSPS) is 16.3. The van der Waals surface area contributed by atoms with Crippen molar-refractivity contribution in [2.45, 2.75) is 25.8 Å². The van der Waals surface area contributed by atoms with Crippen molar-refractivity contribution in [3.05, 3.63) is 45.6 Å². The van der Waals surface area contributed by atoms with Crippen LogP contribution in [-0.2, 0) is 4.79 Å². The summed E-state index contributed by atoms with van der Waals surface area (Å²) in [7, 11) is 1.51. The average Bonchev–Trinajstić information content (AvgIpc) is 2.62. The first-order valence-corrected chi connectivity index (χ1v) is 9.14. The van der Waals surface area contributed by atoms with Crippen molar-refractivity contribution in [3.8, 4) is 0 Å². The highest BCUT2D eigenvalue weighted by Crippen LogP contribution is 2.24. The second-order valence-electron chi connectivity index (χ2n) is 5.82. The van der Waals surface area contributed by atoms with Gasteiger partial charge in [-0.05, 0) is 45.0 Å². The largest absolute Gasteiger partial charge is 0.348 e. The number of nitrogens with zero attached hydrogens (tertiary/aromatic N) is 1. The zero-order chi connectivity index (χ0) is 19.1. The molecule has 1 aromatic rings. The molecule has 1 heterocycles. The lowest BCUT2D eigenvalue weighted by Gasteiger charge is -2.24. The van der Waals surface area contributed by atoms with Crippen LogP contribution in [0.5, 0.6) is 0 Å². The summed E-state index contributed by atoms with van der Waals surface area (Å²) in [5, 5.41) is 9.37. The molecule has 0 saturated carbocycles. The third-order valence-electron chi connectivity index (χ3n) is 4.09. The van der Waals surface area contributed by atoms with Crippen LogP contribution in [0.15, 0.2) is 35.0 Å². The summed E-state index contributed by atoms with van der Waals surface area (Å²) in [6, 6.07) is 4.91. The Morgan fingerprint density at radius 3 is 2.38 bits per heavy atom. The number of rotatable bonds is 5. The first kappa shape index (κ1) is 20.4. The number of piperidine rings is 1. The molecule has 0 aromatic heterocycles. The van der Waals surface area contributed by atoms with Crippen LogP contribution in [0.25, 0.3) is 0 Å².